The van der Waals surface area contributed by atoms with E-state index in [1.54, 1.807) is 6.07 Å². The van der Waals surface area contributed by atoms with Crippen LogP contribution in [0.5, 0.6) is 0 Å². The Morgan fingerprint density at radius 2 is 1.75 bits per heavy atom. The highest BCUT2D eigenvalue weighted by atomic mass is 32.2. The number of hydrogen-bond donors (Lipinski definition) is 1. The van der Waals surface area contributed by atoms with Crippen LogP contribution >= 0.6 is 11.8 Å². The molecule has 0 heterocycles. The molecule has 4 nitrogen and oxygen atoms in total. The minimum absolute atomic E-state index is 0.135. The Morgan fingerprint density at radius 1 is 1.04 bits per heavy atom. The molecule has 1 N–H and O–H groups in total. The number of benzene rings is 2. The van der Waals surface area contributed by atoms with Gasteiger partial charge < -0.3 is 10.1 Å². The molecule has 0 aliphatic heterocycles. The summed E-state index contributed by atoms with van der Waals surface area (Å²) in [6, 6.07) is 17.1. The third-order valence-corrected chi connectivity index (χ3v) is 4.45. The molecule has 2 aromatic carbocycles. The predicted octanol–water partition coefficient (Wildman–Crippen LogP) is 4.43. The Morgan fingerprint density at radius 3 is 2.42 bits per heavy atom. The van der Waals surface area contributed by atoms with Crippen LogP contribution in [-0.2, 0) is 14.3 Å². The summed E-state index contributed by atoms with van der Waals surface area (Å²) in [7, 11) is 0. The maximum atomic E-state index is 12.3. The van der Waals surface area contributed by atoms with Crippen LogP contribution in [0.1, 0.15) is 32.4 Å². The fourth-order valence-electron chi connectivity index (χ4n) is 2.16. The number of carbonyl (C=O) groups excluding carboxylic acids is 2. The van der Waals surface area contributed by atoms with Crippen molar-refractivity contribution in [1.29, 1.82) is 0 Å². The number of rotatable bonds is 6. The van der Waals surface area contributed by atoms with E-state index in [1.807, 2.05) is 62.4 Å². The molecular formula is C19H21NO3S. The van der Waals surface area contributed by atoms with Gasteiger partial charge in [0.1, 0.15) is 11.4 Å². The van der Waals surface area contributed by atoms with Crippen molar-refractivity contribution in [2.45, 2.75) is 37.0 Å². The lowest BCUT2D eigenvalue weighted by atomic mass is 10.1. The third kappa shape index (κ3) is 5.42. The highest BCUT2D eigenvalue weighted by Crippen LogP contribution is 2.26. The van der Waals surface area contributed by atoms with Gasteiger partial charge in [-0.25, -0.2) is 0 Å². The topological polar surface area (TPSA) is 55.4 Å². The lowest BCUT2D eigenvalue weighted by Gasteiger charge is -2.17. The van der Waals surface area contributed by atoms with Crippen LogP contribution in [0, 0.1) is 0 Å². The molecular weight excluding hydrogens is 322 g/mol. The average molecular weight is 343 g/mol. The summed E-state index contributed by atoms with van der Waals surface area (Å²) >= 11 is 1.47. The van der Waals surface area contributed by atoms with Crippen LogP contribution in [0.3, 0.4) is 0 Å². The lowest BCUT2D eigenvalue weighted by Crippen LogP contribution is -2.19. The van der Waals surface area contributed by atoms with E-state index in [0.29, 0.717) is 5.69 Å². The molecule has 1 amide bonds. The van der Waals surface area contributed by atoms with Gasteiger partial charge in [0.2, 0.25) is 5.91 Å². The van der Waals surface area contributed by atoms with Gasteiger partial charge in [-0.3, -0.25) is 9.59 Å². The van der Waals surface area contributed by atoms with Gasteiger partial charge >= 0.3 is 5.97 Å². The maximum absolute atomic E-state index is 12.3. The minimum Gasteiger partial charge on any atom is -0.457 e. The standard InChI is InChI=1S/C19H21NO3S/c1-13(16-8-7-9-17(12-16)20-15(3)21)23-19(22)14(2)24-18-10-5-4-6-11-18/h4-14H,1-3H3,(H,20,21). The summed E-state index contributed by atoms with van der Waals surface area (Å²) in [5.41, 5.74) is 1.53. The van der Waals surface area contributed by atoms with E-state index in [1.165, 1.54) is 18.7 Å². The zero-order valence-corrected chi connectivity index (χ0v) is 14.8. The van der Waals surface area contributed by atoms with Gasteiger partial charge in [0.15, 0.2) is 0 Å². The SMILES string of the molecule is CC(=O)Nc1cccc(C(C)OC(=O)C(C)Sc2ccccc2)c1. The van der Waals surface area contributed by atoms with Crippen LogP contribution in [0.4, 0.5) is 5.69 Å². The largest absolute Gasteiger partial charge is 0.457 e. The lowest BCUT2D eigenvalue weighted by molar-refractivity contribution is -0.147. The molecule has 0 fully saturated rings. The fourth-order valence-corrected chi connectivity index (χ4v) is 3.04. The minimum atomic E-state index is -0.384. The van der Waals surface area contributed by atoms with Crippen molar-refractivity contribution in [1.82, 2.24) is 0 Å². The summed E-state index contributed by atoms with van der Waals surface area (Å²) in [5.74, 6) is -0.397. The first kappa shape index (κ1) is 18.1. The number of esters is 1. The van der Waals surface area contributed by atoms with Crippen molar-refractivity contribution in [2.24, 2.45) is 0 Å². The number of anilines is 1. The van der Waals surface area contributed by atoms with Gasteiger partial charge in [-0.05, 0) is 43.7 Å². The van der Waals surface area contributed by atoms with Gasteiger partial charge in [0.25, 0.3) is 0 Å². The summed E-state index contributed by atoms with van der Waals surface area (Å²) in [6.45, 7) is 5.11. The Balaban J connectivity index is 1.96. The molecule has 0 bridgehead atoms. The molecule has 0 radical (unpaired) electrons. The van der Waals surface area contributed by atoms with E-state index in [9.17, 15) is 9.59 Å². The fraction of sp³-hybridized carbons (Fsp3) is 0.263. The molecule has 0 saturated heterocycles. The number of amides is 1. The average Bonchev–Trinajstić information content (AvgIpc) is 2.55. The molecule has 0 aromatic heterocycles. The molecule has 24 heavy (non-hydrogen) atoms. The predicted molar refractivity (Wildman–Crippen MR) is 97.0 cm³/mol. The number of hydrogen-bond acceptors (Lipinski definition) is 4. The van der Waals surface area contributed by atoms with Gasteiger partial charge in [-0.2, -0.15) is 0 Å². The highest BCUT2D eigenvalue weighted by molar-refractivity contribution is 8.00. The molecule has 2 unspecified atom stereocenters. The van der Waals surface area contributed by atoms with E-state index < -0.39 is 0 Å². The molecule has 0 aliphatic carbocycles. The van der Waals surface area contributed by atoms with E-state index in [2.05, 4.69) is 5.32 Å². The number of nitrogens with one attached hydrogen (secondary N) is 1. The molecule has 2 rings (SSSR count). The van der Waals surface area contributed by atoms with Crippen molar-refractivity contribution in [3.8, 4) is 0 Å². The van der Waals surface area contributed by atoms with Gasteiger partial charge in [-0.15, -0.1) is 11.8 Å². The second-order valence-electron chi connectivity index (χ2n) is 5.46. The molecule has 126 valence electrons. The smallest absolute Gasteiger partial charge is 0.319 e. The summed E-state index contributed by atoms with van der Waals surface area (Å²) in [6.07, 6.45) is -0.384. The Hall–Kier alpha value is -2.27. The molecule has 2 aromatic rings. The Bertz CT molecular complexity index is 703. The van der Waals surface area contributed by atoms with Crippen LogP contribution in [-0.4, -0.2) is 17.1 Å². The zero-order valence-electron chi connectivity index (χ0n) is 14.0. The van der Waals surface area contributed by atoms with Crippen LogP contribution < -0.4 is 5.32 Å². The summed E-state index contributed by atoms with van der Waals surface area (Å²) in [5, 5.41) is 2.43. The van der Waals surface area contributed by atoms with Crippen LogP contribution in [0.2, 0.25) is 0 Å². The first-order chi connectivity index (χ1) is 11.5. The zero-order chi connectivity index (χ0) is 17.5. The van der Waals surface area contributed by atoms with Crippen molar-refractivity contribution >= 4 is 29.3 Å². The van der Waals surface area contributed by atoms with Crippen molar-refractivity contribution in [2.75, 3.05) is 5.32 Å². The molecule has 0 saturated carbocycles. The van der Waals surface area contributed by atoms with E-state index in [4.69, 9.17) is 4.74 Å². The number of ether oxygens (including phenoxy) is 1. The van der Waals surface area contributed by atoms with E-state index >= 15 is 0 Å². The second-order valence-corrected chi connectivity index (χ2v) is 6.87. The summed E-state index contributed by atoms with van der Waals surface area (Å²) < 4.78 is 5.56. The quantitative estimate of drug-likeness (QED) is 0.623. The van der Waals surface area contributed by atoms with Gasteiger partial charge in [-0.1, -0.05) is 30.3 Å². The second kappa shape index (κ2) is 8.55. The van der Waals surface area contributed by atoms with Crippen molar-refractivity contribution in [3.05, 3.63) is 60.2 Å². The van der Waals surface area contributed by atoms with Gasteiger partial charge in [0, 0.05) is 17.5 Å². The van der Waals surface area contributed by atoms with Gasteiger partial charge in [0.05, 0.1) is 0 Å². The maximum Gasteiger partial charge on any atom is 0.319 e. The molecule has 0 aliphatic rings. The van der Waals surface area contributed by atoms with Crippen molar-refractivity contribution in [3.63, 3.8) is 0 Å². The third-order valence-electron chi connectivity index (χ3n) is 3.36. The molecule has 2 atom stereocenters. The van der Waals surface area contributed by atoms with Crippen LogP contribution in [0.15, 0.2) is 59.5 Å². The van der Waals surface area contributed by atoms with E-state index in [-0.39, 0.29) is 23.2 Å². The highest BCUT2D eigenvalue weighted by Gasteiger charge is 2.19. The number of thioether (sulfide) groups is 1. The van der Waals surface area contributed by atoms with Crippen molar-refractivity contribution < 1.29 is 14.3 Å². The molecule has 5 heteroatoms. The van der Waals surface area contributed by atoms with Crippen LogP contribution in [0.25, 0.3) is 0 Å². The summed E-state index contributed by atoms with van der Waals surface area (Å²) in [4.78, 5) is 24.4. The monoisotopic (exact) mass is 343 g/mol. The Kier molecular flexibility index (Phi) is 6.44. The van der Waals surface area contributed by atoms with E-state index in [0.717, 1.165) is 10.5 Å². The normalized spacial score (nSPS) is 13.0. The molecule has 0 spiro atoms. The Labute approximate surface area is 146 Å². The first-order valence-electron chi connectivity index (χ1n) is 7.75. The first-order valence-corrected chi connectivity index (χ1v) is 8.63. The number of carbonyl (C=O) groups is 2.